The van der Waals surface area contributed by atoms with E-state index in [-0.39, 0.29) is 5.56 Å². The fourth-order valence-corrected chi connectivity index (χ4v) is 1.51. The number of aromatic amines is 1. The Labute approximate surface area is 86.4 Å². The van der Waals surface area contributed by atoms with E-state index in [1.165, 1.54) is 6.20 Å². The molecule has 4 nitrogen and oxygen atoms in total. The van der Waals surface area contributed by atoms with Gasteiger partial charge in [-0.2, -0.15) is 5.10 Å². The summed E-state index contributed by atoms with van der Waals surface area (Å²) >= 11 is 0. The summed E-state index contributed by atoms with van der Waals surface area (Å²) in [5.41, 5.74) is 5.93. The molecule has 15 heavy (non-hydrogen) atoms. The lowest BCUT2D eigenvalue weighted by Crippen LogP contribution is -2.10. The molecule has 0 fully saturated rings. The number of fused-ring (bicyclic) bond motifs is 1. The van der Waals surface area contributed by atoms with E-state index in [1.807, 2.05) is 18.2 Å². The summed E-state index contributed by atoms with van der Waals surface area (Å²) in [5.74, 6) is 0. The van der Waals surface area contributed by atoms with Crippen molar-refractivity contribution in [2.75, 3.05) is 0 Å². The lowest BCUT2D eigenvalue weighted by Gasteiger charge is -2.01. The average Bonchev–Trinajstić information content (AvgIpc) is 2.29. The van der Waals surface area contributed by atoms with Gasteiger partial charge in [-0.3, -0.25) is 4.79 Å². The number of nitrogens with zero attached hydrogens (tertiary/aromatic N) is 1. The monoisotopic (exact) mass is 201 g/mol. The molecule has 0 saturated carbocycles. The summed E-state index contributed by atoms with van der Waals surface area (Å²) in [6, 6.07) is 7.39. The number of allylic oxidation sites excluding steroid dienone is 1. The van der Waals surface area contributed by atoms with Crippen molar-refractivity contribution < 1.29 is 0 Å². The minimum absolute atomic E-state index is 0.161. The van der Waals surface area contributed by atoms with Gasteiger partial charge in [0.2, 0.25) is 0 Å². The molecule has 0 radical (unpaired) electrons. The molecule has 76 valence electrons. The maximum absolute atomic E-state index is 11.4. The van der Waals surface area contributed by atoms with Gasteiger partial charge in [-0.15, -0.1) is 0 Å². The molecule has 0 atom stereocenters. The number of hydrogen-bond acceptors (Lipinski definition) is 3. The summed E-state index contributed by atoms with van der Waals surface area (Å²) in [6.45, 7) is 0. The molecule has 4 heteroatoms. The van der Waals surface area contributed by atoms with E-state index in [0.717, 1.165) is 11.1 Å². The molecule has 0 unspecified atom stereocenters. The van der Waals surface area contributed by atoms with Gasteiger partial charge in [0, 0.05) is 11.8 Å². The fraction of sp³-hybridized carbons (Fsp3) is 0.0909. The molecule has 1 aromatic carbocycles. The first-order chi connectivity index (χ1) is 7.33. The third-order valence-corrected chi connectivity index (χ3v) is 2.22. The third kappa shape index (κ3) is 1.74. The Morgan fingerprint density at radius 1 is 1.33 bits per heavy atom. The van der Waals surface area contributed by atoms with Crippen LogP contribution in [0.5, 0.6) is 0 Å². The van der Waals surface area contributed by atoms with Crippen molar-refractivity contribution in [2.45, 2.75) is 6.42 Å². The highest BCUT2D eigenvalue weighted by atomic mass is 16.1. The largest absolute Gasteiger partial charge is 0.405 e. The summed E-state index contributed by atoms with van der Waals surface area (Å²) in [4.78, 5) is 11.4. The zero-order valence-corrected chi connectivity index (χ0v) is 8.10. The normalized spacial score (nSPS) is 11.2. The maximum Gasteiger partial charge on any atom is 0.272 e. The van der Waals surface area contributed by atoms with Gasteiger partial charge in [0.25, 0.3) is 5.56 Å². The lowest BCUT2D eigenvalue weighted by molar-refractivity contribution is 0.943. The minimum atomic E-state index is -0.161. The van der Waals surface area contributed by atoms with Crippen LogP contribution in [0.25, 0.3) is 10.8 Å². The van der Waals surface area contributed by atoms with Crippen LogP contribution in [-0.4, -0.2) is 10.2 Å². The van der Waals surface area contributed by atoms with Crippen LogP contribution in [0, 0.1) is 0 Å². The quantitative estimate of drug-likeness (QED) is 0.759. The second-order valence-electron chi connectivity index (χ2n) is 3.18. The van der Waals surface area contributed by atoms with Crippen molar-refractivity contribution in [1.82, 2.24) is 10.2 Å². The van der Waals surface area contributed by atoms with Crippen LogP contribution < -0.4 is 11.3 Å². The summed E-state index contributed by atoms with van der Waals surface area (Å²) in [7, 11) is 0. The third-order valence-electron chi connectivity index (χ3n) is 2.22. The molecular formula is C11H11N3O. The Bertz CT molecular complexity index is 557. The number of benzene rings is 1. The predicted molar refractivity (Wildman–Crippen MR) is 59.4 cm³/mol. The van der Waals surface area contributed by atoms with Crippen LogP contribution in [0.1, 0.15) is 5.69 Å². The summed E-state index contributed by atoms with van der Waals surface area (Å²) in [5, 5.41) is 8.01. The van der Waals surface area contributed by atoms with Crippen molar-refractivity contribution in [3.63, 3.8) is 0 Å². The number of aromatic nitrogens is 2. The molecule has 0 amide bonds. The first kappa shape index (κ1) is 9.45. The number of nitrogens with two attached hydrogens (primary N) is 1. The molecule has 0 aliphatic rings. The first-order valence-electron chi connectivity index (χ1n) is 4.66. The molecule has 0 saturated heterocycles. The van der Waals surface area contributed by atoms with E-state index in [4.69, 9.17) is 5.73 Å². The number of rotatable bonds is 2. The second kappa shape index (κ2) is 3.96. The first-order valence-corrected chi connectivity index (χ1v) is 4.66. The Balaban J connectivity index is 2.66. The standard InChI is InChI=1S/C11H11N3O/c12-7-3-6-10-8-4-1-2-5-9(8)11(15)14-13-10/h1-5,7H,6,12H2,(H,14,15). The van der Waals surface area contributed by atoms with Gasteiger partial charge in [0.15, 0.2) is 0 Å². The lowest BCUT2D eigenvalue weighted by atomic mass is 10.1. The van der Waals surface area contributed by atoms with Gasteiger partial charge in [-0.25, -0.2) is 5.10 Å². The van der Waals surface area contributed by atoms with E-state index < -0.39 is 0 Å². The van der Waals surface area contributed by atoms with Crippen LogP contribution in [0.15, 0.2) is 41.3 Å². The molecule has 2 aromatic rings. The van der Waals surface area contributed by atoms with Gasteiger partial charge in [0.05, 0.1) is 11.1 Å². The molecule has 0 aliphatic heterocycles. The Morgan fingerprint density at radius 2 is 2.07 bits per heavy atom. The highest BCUT2D eigenvalue weighted by molar-refractivity contribution is 5.83. The highest BCUT2D eigenvalue weighted by Gasteiger charge is 2.03. The number of H-pyrrole nitrogens is 1. The van der Waals surface area contributed by atoms with Crippen LogP contribution in [0.4, 0.5) is 0 Å². The van der Waals surface area contributed by atoms with Crippen LogP contribution in [0.3, 0.4) is 0 Å². The van der Waals surface area contributed by atoms with Gasteiger partial charge in [-0.05, 0) is 12.3 Å². The molecule has 0 bridgehead atoms. The van der Waals surface area contributed by atoms with Crippen molar-refractivity contribution >= 4 is 10.8 Å². The summed E-state index contributed by atoms with van der Waals surface area (Å²) < 4.78 is 0. The van der Waals surface area contributed by atoms with Crippen molar-refractivity contribution in [3.05, 3.63) is 52.6 Å². The second-order valence-corrected chi connectivity index (χ2v) is 3.18. The van der Waals surface area contributed by atoms with Crippen molar-refractivity contribution in [1.29, 1.82) is 0 Å². The molecule has 1 aromatic heterocycles. The number of hydrogen-bond donors (Lipinski definition) is 2. The van der Waals surface area contributed by atoms with Gasteiger partial charge in [0.1, 0.15) is 0 Å². The molecule has 1 heterocycles. The predicted octanol–water partition coefficient (Wildman–Crippen LogP) is 0.938. The van der Waals surface area contributed by atoms with Gasteiger partial charge >= 0.3 is 0 Å². The SMILES string of the molecule is NC=CCc1n[nH]c(=O)c2ccccc12. The Morgan fingerprint density at radius 3 is 2.80 bits per heavy atom. The Hall–Kier alpha value is -2.10. The number of nitrogens with one attached hydrogen (secondary N) is 1. The zero-order chi connectivity index (χ0) is 10.7. The van der Waals surface area contributed by atoms with Crippen LogP contribution in [0.2, 0.25) is 0 Å². The van der Waals surface area contributed by atoms with E-state index >= 15 is 0 Å². The van der Waals surface area contributed by atoms with E-state index in [0.29, 0.717) is 11.8 Å². The van der Waals surface area contributed by atoms with Crippen molar-refractivity contribution in [3.8, 4) is 0 Å². The van der Waals surface area contributed by atoms with E-state index in [1.54, 1.807) is 12.1 Å². The van der Waals surface area contributed by atoms with Crippen LogP contribution in [-0.2, 0) is 6.42 Å². The van der Waals surface area contributed by atoms with Crippen LogP contribution >= 0.6 is 0 Å². The molecule has 3 N–H and O–H groups in total. The molecular weight excluding hydrogens is 190 g/mol. The van der Waals surface area contributed by atoms with E-state index in [2.05, 4.69) is 10.2 Å². The molecule has 0 aliphatic carbocycles. The summed E-state index contributed by atoms with van der Waals surface area (Å²) in [6.07, 6.45) is 3.89. The van der Waals surface area contributed by atoms with E-state index in [9.17, 15) is 4.79 Å². The Kier molecular flexibility index (Phi) is 2.49. The molecule has 0 spiro atoms. The fourth-order valence-electron chi connectivity index (χ4n) is 1.51. The maximum atomic E-state index is 11.4. The van der Waals surface area contributed by atoms with Gasteiger partial charge in [-0.1, -0.05) is 24.3 Å². The van der Waals surface area contributed by atoms with Crippen molar-refractivity contribution in [2.24, 2.45) is 5.73 Å². The van der Waals surface area contributed by atoms with Gasteiger partial charge < -0.3 is 5.73 Å². The minimum Gasteiger partial charge on any atom is -0.405 e. The molecule has 2 rings (SSSR count). The highest BCUT2D eigenvalue weighted by Crippen LogP contribution is 2.12. The smallest absolute Gasteiger partial charge is 0.272 e. The average molecular weight is 201 g/mol. The zero-order valence-electron chi connectivity index (χ0n) is 8.10. The topological polar surface area (TPSA) is 71.8 Å².